The number of carbonyl (C=O) groups is 2. The van der Waals surface area contributed by atoms with Gasteiger partial charge in [0.25, 0.3) is 0 Å². The topological polar surface area (TPSA) is 125 Å². The van der Waals surface area contributed by atoms with Gasteiger partial charge in [0.1, 0.15) is 18.2 Å². The summed E-state index contributed by atoms with van der Waals surface area (Å²) < 4.78 is 5.23. The Morgan fingerprint density at radius 2 is 1.84 bits per heavy atom. The number of ether oxygens (including phenoxy) is 1. The minimum absolute atomic E-state index is 0.0809. The summed E-state index contributed by atoms with van der Waals surface area (Å²) >= 11 is 0. The van der Waals surface area contributed by atoms with Gasteiger partial charge in [-0.15, -0.1) is 0 Å². The maximum atomic E-state index is 12.3. The first-order chi connectivity index (χ1) is 17.8. The van der Waals surface area contributed by atoms with E-state index in [4.69, 9.17) is 4.74 Å². The number of anilines is 5. The van der Waals surface area contributed by atoms with Crippen molar-refractivity contribution in [2.45, 2.75) is 32.9 Å². The number of amides is 2. The molecule has 3 heterocycles. The molecule has 0 spiro atoms. The van der Waals surface area contributed by atoms with Crippen LogP contribution in [0.15, 0.2) is 61.6 Å². The fraction of sp³-hybridized carbons (Fsp3) is 0.308. The number of rotatable bonds is 9. The molecule has 1 fully saturated rings. The predicted molar refractivity (Wildman–Crippen MR) is 142 cm³/mol. The zero-order valence-corrected chi connectivity index (χ0v) is 21.3. The van der Waals surface area contributed by atoms with Crippen molar-refractivity contribution in [1.82, 2.24) is 19.9 Å². The van der Waals surface area contributed by atoms with E-state index in [1.54, 1.807) is 29.6 Å². The molecule has 1 aromatic carbocycles. The van der Waals surface area contributed by atoms with Crippen molar-refractivity contribution in [3.8, 4) is 0 Å². The van der Waals surface area contributed by atoms with E-state index in [2.05, 4.69) is 37.1 Å². The van der Waals surface area contributed by atoms with Gasteiger partial charge in [-0.1, -0.05) is 20.4 Å². The smallest absolute Gasteiger partial charge is 0.415 e. The normalized spacial score (nSPS) is 15.8. The van der Waals surface area contributed by atoms with Gasteiger partial charge < -0.3 is 20.3 Å². The summed E-state index contributed by atoms with van der Waals surface area (Å²) in [4.78, 5) is 45.1. The van der Waals surface area contributed by atoms with Crippen molar-refractivity contribution in [1.29, 1.82) is 0 Å². The van der Waals surface area contributed by atoms with Crippen LogP contribution >= 0.6 is 0 Å². The van der Waals surface area contributed by atoms with Crippen molar-refractivity contribution in [2.24, 2.45) is 5.92 Å². The second-order valence-corrected chi connectivity index (χ2v) is 8.96. The quantitative estimate of drug-likeness (QED) is 0.412. The van der Waals surface area contributed by atoms with Crippen LogP contribution in [0.1, 0.15) is 32.6 Å². The molecule has 1 aliphatic rings. The molecule has 11 nitrogen and oxygen atoms in total. The predicted octanol–water partition coefficient (Wildman–Crippen LogP) is 4.31. The van der Waals surface area contributed by atoms with E-state index in [1.165, 1.54) is 6.08 Å². The monoisotopic (exact) mass is 502 g/mol. The van der Waals surface area contributed by atoms with E-state index in [0.29, 0.717) is 29.9 Å². The average Bonchev–Trinajstić information content (AvgIpc) is 3.30. The zero-order chi connectivity index (χ0) is 26.5. The largest absolute Gasteiger partial charge is 0.447 e. The van der Waals surface area contributed by atoms with Gasteiger partial charge in [0.15, 0.2) is 0 Å². The summed E-state index contributed by atoms with van der Waals surface area (Å²) in [5.74, 6) is 1.37. The number of nitrogens with one attached hydrogen (secondary N) is 2. The van der Waals surface area contributed by atoms with Crippen molar-refractivity contribution < 1.29 is 14.3 Å². The Balaban J connectivity index is 1.42. The number of hydrogen-bond donors (Lipinski definition) is 2. The second kappa shape index (κ2) is 11.0. The van der Waals surface area contributed by atoms with Crippen LogP contribution in [-0.2, 0) is 9.53 Å². The lowest BCUT2D eigenvalue weighted by molar-refractivity contribution is -0.111. The highest BCUT2D eigenvalue weighted by Gasteiger charge is 2.37. The molecule has 37 heavy (non-hydrogen) atoms. The number of carbonyl (C=O) groups excluding carboxylic acids is 2. The van der Waals surface area contributed by atoms with Gasteiger partial charge in [-0.05, 0) is 49.2 Å². The first kappa shape index (κ1) is 25.5. The lowest BCUT2D eigenvalue weighted by Gasteiger charge is -2.23. The Labute approximate surface area is 215 Å². The van der Waals surface area contributed by atoms with Crippen molar-refractivity contribution in [2.75, 3.05) is 34.1 Å². The van der Waals surface area contributed by atoms with E-state index in [9.17, 15) is 9.59 Å². The van der Waals surface area contributed by atoms with Gasteiger partial charge in [0.05, 0.1) is 30.2 Å². The summed E-state index contributed by atoms with van der Waals surface area (Å²) in [6.45, 7) is 9.78. The molecule has 1 unspecified atom stereocenters. The van der Waals surface area contributed by atoms with E-state index < -0.39 is 6.09 Å². The van der Waals surface area contributed by atoms with Gasteiger partial charge >= 0.3 is 6.09 Å². The molecule has 0 saturated carbocycles. The van der Waals surface area contributed by atoms with Gasteiger partial charge in [-0.3, -0.25) is 9.69 Å². The molecule has 0 aliphatic carbocycles. The van der Waals surface area contributed by atoms with Crippen LogP contribution in [0, 0.1) is 5.92 Å². The Morgan fingerprint density at radius 1 is 1.14 bits per heavy atom. The first-order valence-electron chi connectivity index (χ1n) is 11.9. The second-order valence-electron chi connectivity index (χ2n) is 8.96. The third-order valence-corrected chi connectivity index (χ3v) is 6.05. The Bertz CT molecular complexity index is 1260. The molecule has 1 saturated heterocycles. The van der Waals surface area contributed by atoms with Crippen molar-refractivity contribution in [3.63, 3.8) is 0 Å². The minimum atomic E-state index is -0.407. The first-order valence-corrected chi connectivity index (χ1v) is 11.9. The Hall–Kier alpha value is -4.54. The molecular formula is C26H30N8O3. The van der Waals surface area contributed by atoms with Crippen LogP contribution in [0.4, 0.5) is 33.6 Å². The summed E-state index contributed by atoms with van der Waals surface area (Å²) in [5, 5.41) is 5.93. The summed E-state index contributed by atoms with van der Waals surface area (Å²) in [5.41, 5.74) is 2.38. The Kier molecular flexibility index (Phi) is 7.61. The molecule has 0 radical (unpaired) electrons. The summed E-state index contributed by atoms with van der Waals surface area (Å²) in [6.07, 6.45) is 5.89. The third-order valence-electron chi connectivity index (χ3n) is 6.05. The molecule has 4 rings (SSSR count). The average molecular weight is 503 g/mol. The van der Waals surface area contributed by atoms with Gasteiger partial charge in [0, 0.05) is 24.6 Å². The molecule has 192 valence electrons. The molecule has 2 N–H and O–H groups in total. The van der Waals surface area contributed by atoms with Crippen LogP contribution in [0.5, 0.6) is 0 Å². The van der Waals surface area contributed by atoms with Crippen LogP contribution < -0.4 is 20.4 Å². The number of benzene rings is 1. The standard InChI is InChI=1S/C26H30N8O3/c1-6-23(35)31-18-7-9-19(10-8-18)33(5)20-13-28-24(29-14-20)17(4)30-25-27-12-11-22(32-25)34-21(16(2)3)15-37-26(34)36/h6-14,16-17,21H,1,15H2,2-5H3,(H,31,35)(H,27,30,32)/t17?,21-/m1/s1. The zero-order valence-electron chi connectivity index (χ0n) is 21.3. The number of cyclic esters (lactones) is 1. The number of aromatic nitrogens is 4. The Morgan fingerprint density at radius 3 is 2.49 bits per heavy atom. The molecule has 11 heteroatoms. The van der Waals surface area contributed by atoms with Gasteiger partial charge in [0.2, 0.25) is 11.9 Å². The highest BCUT2D eigenvalue weighted by Crippen LogP contribution is 2.27. The maximum absolute atomic E-state index is 12.3. The van der Waals surface area contributed by atoms with Crippen molar-refractivity contribution in [3.05, 3.63) is 67.4 Å². The highest BCUT2D eigenvalue weighted by molar-refractivity contribution is 5.99. The van der Waals surface area contributed by atoms with E-state index in [0.717, 1.165) is 11.4 Å². The van der Waals surface area contributed by atoms with E-state index in [-0.39, 0.29) is 23.9 Å². The minimum Gasteiger partial charge on any atom is -0.447 e. The van der Waals surface area contributed by atoms with E-state index in [1.807, 2.05) is 57.0 Å². The van der Waals surface area contributed by atoms with Crippen LogP contribution in [0.2, 0.25) is 0 Å². The molecule has 2 aromatic heterocycles. The lowest BCUT2D eigenvalue weighted by atomic mass is 10.0. The lowest BCUT2D eigenvalue weighted by Crippen LogP contribution is -2.37. The van der Waals surface area contributed by atoms with Gasteiger partial charge in [-0.2, -0.15) is 4.98 Å². The molecule has 2 atom stereocenters. The fourth-order valence-corrected chi connectivity index (χ4v) is 3.84. The third kappa shape index (κ3) is 5.83. The molecular weight excluding hydrogens is 472 g/mol. The summed E-state index contributed by atoms with van der Waals surface area (Å²) in [7, 11) is 1.91. The highest BCUT2D eigenvalue weighted by atomic mass is 16.6. The SMILES string of the molecule is C=CC(=O)Nc1ccc(N(C)c2cnc(C(C)Nc3nccc(N4C(=O)OC[C@@H]4C(C)C)n3)nc2)cc1. The van der Waals surface area contributed by atoms with Gasteiger partial charge in [-0.25, -0.2) is 19.7 Å². The molecule has 1 aliphatic heterocycles. The van der Waals surface area contributed by atoms with Crippen LogP contribution in [-0.4, -0.2) is 51.6 Å². The number of hydrogen-bond acceptors (Lipinski definition) is 9. The van der Waals surface area contributed by atoms with E-state index >= 15 is 0 Å². The van der Waals surface area contributed by atoms with Crippen LogP contribution in [0.3, 0.4) is 0 Å². The fourth-order valence-electron chi connectivity index (χ4n) is 3.84. The number of nitrogens with zero attached hydrogens (tertiary/aromatic N) is 6. The summed E-state index contributed by atoms with van der Waals surface area (Å²) in [6, 6.07) is 8.74. The maximum Gasteiger partial charge on any atom is 0.415 e. The molecule has 2 amide bonds. The van der Waals surface area contributed by atoms with Crippen molar-refractivity contribution >= 4 is 40.8 Å². The molecule has 0 bridgehead atoms. The molecule has 3 aromatic rings. The van der Waals surface area contributed by atoms with Crippen LogP contribution in [0.25, 0.3) is 0 Å².